The zero-order valence-corrected chi connectivity index (χ0v) is 19.9. The monoisotopic (exact) mass is 481 g/mol. The molecule has 1 N–H and O–H groups in total. The van der Waals surface area contributed by atoms with Gasteiger partial charge in [-0.25, -0.2) is 4.98 Å². The lowest BCUT2D eigenvalue weighted by atomic mass is 10.2. The van der Waals surface area contributed by atoms with Crippen LogP contribution in [-0.2, 0) is 13.0 Å². The molecule has 170 valence electrons. The lowest BCUT2D eigenvalue weighted by Gasteiger charge is -2.12. The van der Waals surface area contributed by atoms with Gasteiger partial charge in [0.2, 0.25) is 0 Å². The number of ether oxygens (including phenoxy) is 1. The summed E-state index contributed by atoms with van der Waals surface area (Å²) in [5, 5.41) is 4.12. The first-order valence-corrected chi connectivity index (χ1v) is 11.6. The topological polar surface area (TPSA) is 56.1 Å². The molecule has 33 heavy (non-hydrogen) atoms. The first-order chi connectivity index (χ1) is 16.0. The van der Waals surface area contributed by atoms with Gasteiger partial charge in [-0.3, -0.25) is 4.79 Å². The molecule has 0 spiro atoms. The maximum Gasteiger partial charge on any atom is 0.252 e. The molecule has 0 bridgehead atoms. The number of nitrogens with zero attached hydrogens (tertiary/aromatic N) is 2. The maximum atomic E-state index is 12.4. The third-order valence-electron chi connectivity index (χ3n) is 5.43. The Morgan fingerprint density at radius 1 is 1.03 bits per heavy atom. The second-order valence-corrected chi connectivity index (χ2v) is 8.58. The van der Waals surface area contributed by atoms with Gasteiger partial charge in [0.25, 0.3) is 5.91 Å². The van der Waals surface area contributed by atoms with Gasteiger partial charge in [-0.15, -0.1) is 0 Å². The summed E-state index contributed by atoms with van der Waals surface area (Å²) in [5.74, 6) is 1.60. The molecule has 3 aromatic carbocycles. The number of halogens is 2. The zero-order chi connectivity index (χ0) is 23.2. The number of rotatable bonds is 9. The smallest absolute Gasteiger partial charge is 0.252 e. The van der Waals surface area contributed by atoms with Gasteiger partial charge in [-0.05, 0) is 61.4 Å². The fourth-order valence-corrected chi connectivity index (χ4v) is 4.06. The summed E-state index contributed by atoms with van der Waals surface area (Å²) in [4.78, 5) is 17.2. The van der Waals surface area contributed by atoms with Crippen molar-refractivity contribution >= 4 is 40.1 Å². The number of para-hydroxylation sites is 2. The molecule has 0 saturated carbocycles. The van der Waals surface area contributed by atoms with E-state index in [0.717, 1.165) is 46.0 Å². The number of nitrogens with one attached hydrogen (secondary N) is 1. The van der Waals surface area contributed by atoms with Crippen LogP contribution in [0, 0.1) is 6.92 Å². The number of amides is 1. The quantitative estimate of drug-likeness (QED) is 0.294. The average Bonchev–Trinajstić information content (AvgIpc) is 3.16. The van der Waals surface area contributed by atoms with Crippen molar-refractivity contribution in [2.75, 3.05) is 13.2 Å². The van der Waals surface area contributed by atoms with Gasteiger partial charge in [0.1, 0.15) is 18.2 Å². The van der Waals surface area contributed by atoms with Crippen molar-refractivity contribution in [3.63, 3.8) is 0 Å². The van der Waals surface area contributed by atoms with E-state index in [1.54, 1.807) is 24.3 Å². The number of hydrogen-bond acceptors (Lipinski definition) is 3. The molecule has 1 aromatic heterocycles. The number of aryl methyl sites for hydroxylation is 2. The summed E-state index contributed by atoms with van der Waals surface area (Å²) in [6, 6.07) is 20.8. The van der Waals surface area contributed by atoms with E-state index >= 15 is 0 Å². The summed E-state index contributed by atoms with van der Waals surface area (Å²) in [6.45, 7) is 3.68. The fourth-order valence-electron chi connectivity index (χ4n) is 3.72. The largest absolute Gasteiger partial charge is 0.492 e. The normalized spacial score (nSPS) is 11.0. The van der Waals surface area contributed by atoms with Crippen LogP contribution >= 0.6 is 23.2 Å². The molecular weight excluding hydrogens is 457 g/mol. The van der Waals surface area contributed by atoms with Gasteiger partial charge in [-0.1, -0.05) is 47.5 Å². The number of carbonyl (C=O) groups excluding carboxylic acids is 1. The number of carbonyl (C=O) groups is 1. The van der Waals surface area contributed by atoms with Crippen LogP contribution in [0.4, 0.5) is 0 Å². The molecule has 0 fully saturated rings. The molecule has 4 aromatic rings. The highest BCUT2D eigenvalue weighted by atomic mass is 35.5. The SMILES string of the molecule is Cc1cc(OCCn2c(CCCNC(=O)c3ccccc3Cl)nc3ccccc32)ccc1Cl. The Morgan fingerprint density at radius 3 is 2.64 bits per heavy atom. The van der Waals surface area contributed by atoms with Crippen LogP contribution in [-0.4, -0.2) is 28.6 Å². The minimum absolute atomic E-state index is 0.166. The predicted octanol–water partition coefficient (Wildman–Crippen LogP) is 6.09. The minimum atomic E-state index is -0.166. The molecule has 0 aliphatic carbocycles. The molecule has 1 amide bonds. The molecule has 1 heterocycles. The second-order valence-electron chi connectivity index (χ2n) is 7.77. The summed E-state index contributed by atoms with van der Waals surface area (Å²) in [5.41, 5.74) is 3.50. The molecule has 5 nitrogen and oxygen atoms in total. The van der Waals surface area contributed by atoms with E-state index in [9.17, 15) is 4.79 Å². The van der Waals surface area contributed by atoms with Crippen LogP contribution in [0.5, 0.6) is 5.75 Å². The predicted molar refractivity (Wildman–Crippen MR) is 134 cm³/mol. The zero-order valence-electron chi connectivity index (χ0n) is 18.4. The molecule has 0 saturated heterocycles. The highest BCUT2D eigenvalue weighted by Crippen LogP contribution is 2.22. The van der Waals surface area contributed by atoms with Crippen molar-refractivity contribution in [2.24, 2.45) is 0 Å². The van der Waals surface area contributed by atoms with Crippen molar-refractivity contribution < 1.29 is 9.53 Å². The summed E-state index contributed by atoms with van der Waals surface area (Å²) in [7, 11) is 0. The lowest BCUT2D eigenvalue weighted by Crippen LogP contribution is -2.25. The highest BCUT2D eigenvalue weighted by Gasteiger charge is 2.12. The Labute approximate surface area is 203 Å². The molecular formula is C26H25Cl2N3O2. The molecule has 0 atom stereocenters. The van der Waals surface area contributed by atoms with Crippen molar-refractivity contribution in [3.8, 4) is 5.75 Å². The number of benzene rings is 3. The number of fused-ring (bicyclic) bond motifs is 1. The van der Waals surface area contributed by atoms with Crippen molar-refractivity contribution in [1.29, 1.82) is 0 Å². The van der Waals surface area contributed by atoms with Crippen LogP contribution in [0.2, 0.25) is 10.0 Å². The molecule has 0 aliphatic rings. The van der Waals surface area contributed by atoms with Crippen LogP contribution < -0.4 is 10.1 Å². The number of aromatic nitrogens is 2. The van der Waals surface area contributed by atoms with Gasteiger partial charge >= 0.3 is 0 Å². The Bertz CT molecular complexity index is 1270. The van der Waals surface area contributed by atoms with Gasteiger partial charge in [0.15, 0.2) is 0 Å². The summed E-state index contributed by atoms with van der Waals surface area (Å²) < 4.78 is 8.15. The van der Waals surface area contributed by atoms with E-state index in [2.05, 4.69) is 16.0 Å². The van der Waals surface area contributed by atoms with Crippen molar-refractivity contribution in [3.05, 3.63) is 93.7 Å². The van der Waals surface area contributed by atoms with E-state index < -0.39 is 0 Å². The Balaban J connectivity index is 1.38. The maximum absolute atomic E-state index is 12.4. The van der Waals surface area contributed by atoms with E-state index in [0.29, 0.717) is 30.3 Å². The molecule has 0 radical (unpaired) electrons. The first kappa shape index (κ1) is 23.1. The Hall–Kier alpha value is -3.02. The second kappa shape index (κ2) is 10.7. The third kappa shape index (κ3) is 5.67. The average molecular weight is 482 g/mol. The standard InChI is InChI=1S/C26H25Cl2N3O2/c1-18-17-19(12-13-21(18)27)33-16-15-31-24-10-5-4-9-23(24)30-25(31)11-6-14-29-26(32)20-7-2-3-8-22(20)28/h2-5,7-10,12-13,17H,6,11,14-16H2,1H3,(H,29,32). The van der Waals surface area contributed by atoms with Gasteiger partial charge in [-0.2, -0.15) is 0 Å². The van der Waals surface area contributed by atoms with Crippen LogP contribution in [0.25, 0.3) is 11.0 Å². The van der Waals surface area contributed by atoms with Crippen molar-refractivity contribution in [1.82, 2.24) is 14.9 Å². The first-order valence-electron chi connectivity index (χ1n) is 10.9. The minimum Gasteiger partial charge on any atom is -0.492 e. The Morgan fingerprint density at radius 2 is 1.82 bits per heavy atom. The summed E-state index contributed by atoms with van der Waals surface area (Å²) >= 11 is 12.2. The third-order valence-corrected chi connectivity index (χ3v) is 6.18. The molecule has 0 unspecified atom stereocenters. The fraction of sp³-hybridized carbons (Fsp3) is 0.231. The van der Waals surface area contributed by atoms with E-state index in [1.165, 1.54) is 0 Å². The van der Waals surface area contributed by atoms with Gasteiger partial charge in [0.05, 0.1) is 28.2 Å². The van der Waals surface area contributed by atoms with E-state index in [4.69, 9.17) is 32.9 Å². The highest BCUT2D eigenvalue weighted by molar-refractivity contribution is 6.33. The van der Waals surface area contributed by atoms with Gasteiger partial charge < -0.3 is 14.6 Å². The Kier molecular flexibility index (Phi) is 7.53. The van der Waals surface area contributed by atoms with E-state index in [-0.39, 0.29) is 5.91 Å². The number of hydrogen-bond donors (Lipinski definition) is 1. The molecule has 0 aliphatic heterocycles. The molecule has 7 heteroatoms. The van der Waals surface area contributed by atoms with Crippen molar-refractivity contribution in [2.45, 2.75) is 26.3 Å². The lowest BCUT2D eigenvalue weighted by molar-refractivity contribution is 0.0953. The molecule has 4 rings (SSSR count). The summed E-state index contributed by atoms with van der Waals surface area (Å²) in [6.07, 6.45) is 1.49. The van der Waals surface area contributed by atoms with Gasteiger partial charge in [0, 0.05) is 18.0 Å². The van der Waals surface area contributed by atoms with Crippen LogP contribution in [0.1, 0.15) is 28.2 Å². The van der Waals surface area contributed by atoms with E-state index in [1.807, 2.05) is 43.3 Å². The van der Waals surface area contributed by atoms with Crippen LogP contribution in [0.3, 0.4) is 0 Å². The van der Waals surface area contributed by atoms with Crippen LogP contribution in [0.15, 0.2) is 66.7 Å². The number of imidazole rings is 1.